The summed E-state index contributed by atoms with van der Waals surface area (Å²) in [5.41, 5.74) is 8.44. The van der Waals surface area contributed by atoms with E-state index in [1.165, 1.54) is 12.1 Å². The first kappa shape index (κ1) is 19.9. The highest BCUT2D eigenvalue weighted by Crippen LogP contribution is 2.30. The van der Waals surface area contributed by atoms with Gasteiger partial charge in [0.25, 0.3) is 0 Å². The maximum atomic E-state index is 13.2. The van der Waals surface area contributed by atoms with E-state index in [0.29, 0.717) is 10.7 Å². The summed E-state index contributed by atoms with van der Waals surface area (Å²) in [6.45, 7) is 2.47. The van der Waals surface area contributed by atoms with Crippen LogP contribution in [-0.2, 0) is 11.3 Å². The van der Waals surface area contributed by atoms with Gasteiger partial charge in [0, 0.05) is 48.5 Å². The van der Waals surface area contributed by atoms with Gasteiger partial charge < -0.3 is 10.6 Å². The van der Waals surface area contributed by atoms with Gasteiger partial charge in [0.15, 0.2) is 0 Å². The lowest BCUT2D eigenvalue weighted by molar-refractivity contribution is -0.137. The molecule has 2 bridgehead atoms. The molecule has 4 nitrogen and oxygen atoms in total. The Hall–Kier alpha value is -2.37. The van der Waals surface area contributed by atoms with Crippen LogP contribution in [0.3, 0.4) is 0 Å². The minimum Gasteiger partial charge on any atom is -0.398 e. The molecule has 0 aliphatic carbocycles. The molecule has 0 saturated carbocycles. The highest BCUT2D eigenvalue weighted by atomic mass is 35.5. The zero-order valence-electron chi connectivity index (χ0n) is 16.2. The summed E-state index contributed by atoms with van der Waals surface area (Å²) in [4.78, 5) is 17.4. The van der Waals surface area contributed by atoms with Gasteiger partial charge in [0.05, 0.1) is 0 Å². The number of nitrogens with two attached hydrogens (primary N) is 1. The van der Waals surface area contributed by atoms with Gasteiger partial charge in [-0.1, -0.05) is 29.8 Å². The van der Waals surface area contributed by atoms with Crippen LogP contribution in [0, 0.1) is 5.82 Å². The fourth-order valence-electron chi connectivity index (χ4n) is 4.48. The first-order valence-electron chi connectivity index (χ1n) is 10.0. The fraction of sp³-hybridized carbons (Fsp3) is 0.348. The molecule has 4 rings (SSSR count). The van der Waals surface area contributed by atoms with Gasteiger partial charge in [-0.2, -0.15) is 0 Å². The number of anilines is 1. The number of piperidine rings is 1. The lowest BCUT2D eigenvalue weighted by atomic mass is 9.90. The highest BCUT2D eigenvalue weighted by molar-refractivity contribution is 6.30. The number of hydrogen-bond acceptors (Lipinski definition) is 3. The van der Waals surface area contributed by atoms with Crippen LogP contribution < -0.4 is 5.73 Å². The van der Waals surface area contributed by atoms with E-state index in [9.17, 15) is 9.18 Å². The van der Waals surface area contributed by atoms with Crippen molar-refractivity contribution < 1.29 is 9.18 Å². The maximum Gasteiger partial charge on any atom is 0.247 e. The second-order valence-electron chi connectivity index (χ2n) is 7.91. The minimum absolute atomic E-state index is 0.0375. The van der Waals surface area contributed by atoms with Crippen molar-refractivity contribution in [3.05, 3.63) is 70.5 Å². The van der Waals surface area contributed by atoms with E-state index < -0.39 is 0 Å². The molecule has 2 heterocycles. The van der Waals surface area contributed by atoms with Crippen LogP contribution in [0.1, 0.15) is 30.4 Å². The van der Waals surface area contributed by atoms with Gasteiger partial charge in [-0.25, -0.2) is 4.39 Å². The van der Waals surface area contributed by atoms with Crippen LogP contribution in [0.15, 0.2) is 48.5 Å². The molecule has 2 saturated heterocycles. The lowest BCUT2D eigenvalue weighted by Gasteiger charge is -2.50. The Morgan fingerprint density at radius 1 is 1.14 bits per heavy atom. The quantitative estimate of drug-likeness (QED) is 0.599. The summed E-state index contributed by atoms with van der Waals surface area (Å²) in [7, 11) is 0. The summed E-state index contributed by atoms with van der Waals surface area (Å²) >= 11 is 5.94. The first-order chi connectivity index (χ1) is 14.0. The molecule has 2 aliphatic heterocycles. The molecule has 2 aliphatic rings. The number of amides is 1. The molecule has 2 aromatic rings. The number of fused-ring (bicyclic) bond motifs is 2. The molecule has 2 atom stereocenters. The first-order valence-corrected chi connectivity index (χ1v) is 10.4. The van der Waals surface area contributed by atoms with Crippen molar-refractivity contribution in [1.82, 2.24) is 9.80 Å². The third kappa shape index (κ3) is 4.62. The molecule has 2 fully saturated rings. The fourth-order valence-corrected chi connectivity index (χ4v) is 4.66. The van der Waals surface area contributed by atoms with E-state index in [2.05, 4.69) is 4.90 Å². The van der Waals surface area contributed by atoms with Crippen molar-refractivity contribution in [3.63, 3.8) is 0 Å². The topological polar surface area (TPSA) is 49.6 Å². The number of rotatable bonds is 4. The number of carbonyl (C=O) groups excluding carboxylic acids is 1. The largest absolute Gasteiger partial charge is 0.398 e. The van der Waals surface area contributed by atoms with Crippen LogP contribution in [-0.4, -0.2) is 40.9 Å². The molecule has 152 valence electrons. The molecule has 29 heavy (non-hydrogen) atoms. The number of nitrogen functional groups attached to an aromatic ring is 1. The number of carbonyl (C=O) groups is 1. The Morgan fingerprint density at radius 3 is 2.48 bits per heavy atom. The maximum absolute atomic E-state index is 13.2. The monoisotopic (exact) mass is 413 g/mol. The third-order valence-electron chi connectivity index (χ3n) is 5.83. The summed E-state index contributed by atoms with van der Waals surface area (Å²) in [5.74, 6) is -0.176. The second kappa shape index (κ2) is 8.56. The third-order valence-corrected chi connectivity index (χ3v) is 6.06. The predicted octanol–water partition coefficient (Wildman–Crippen LogP) is 4.34. The molecule has 0 radical (unpaired) electrons. The number of benzene rings is 2. The Kier molecular flexibility index (Phi) is 5.88. The van der Waals surface area contributed by atoms with Crippen molar-refractivity contribution in [2.75, 3.05) is 18.8 Å². The SMILES string of the molecule is Nc1cc(Cl)ccc1/C=C/C(=O)N1C2CCCC1CN(Cc1ccc(F)cc1)C2. The van der Waals surface area contributed by atoms with Gasteiger partial charge in [-0.15, -0.1) is 0 Å². The summed E-state index contributed by atoms with van der Waals surface area (Å²) in [6.07, 6.45) is 6.57. The summed E-state index contributed by atoms with van der Waals surface area (Å²) < 4.78 is 13.2. The number of likely N-dealkylation sites (tertiary alicyclic amines) is 1. The molecule has 1 amide bonds. The molecule has 0 aromatic heterocycles. The van der Waals surface area contributed by atoms with Crippen molar-refractivity contribution in [3.8, 4) is 0 Å². The average molecular weight is 414 g/mol. The van der Waals surface area contributed by atoms with Gasteiger partial charge in [0.2, 0.25) is 5.91 Å². The molecular weight excluding hydrogens is 389 g/mol. The van der Waals surface area contributed by atoms with E-state index in [4.69, 9.17) is 17.3 Å². The molecular formula is C23H25ClFN3O. The standard InChI is InChI=1S/C23H25ClFN3O/c24-18-8-6-17(22(26)12-18)7-11-23(29)28-20-2-1-3-21(28)15-27(14-20)13-16-4-9-19(25)10-5-16/h4-12,20-21H,1-3,13-15,26H2/b11-7+. The average Bonchev–Trinajstić information content (AvgIpc) is 2.68. The molecule has 6 heteroatoms. The molecule has 2 N–H and O–H groups in total. The number of piperazine rings is 1. The van der Waals surface area contributed by atoms with E-state index in [1.807, 2.05) is 23.1 Å². The van der Waals surface area contributed by atoms with Gasteiger partial charge in [0.1, 0.15) is 5.82 Å². The summed E-state index contributed by atoms with van der Waals surface area (Å²) in [6, 6.07) is 12.4. The molecule has 2 aromatic carbocycles. The number of halogens is 2. The number of nitrogens with zero attached hydrogens (tertiary/aromatic N) is 2. The molecule has 0 spiro atoms. The van der Waals surface area contributed by atoms with Crippen molar-refractivity contribution in [2.45, 2.75) is 37.9 Å². The Morgan fingerprint density at radius 2 is 1.83 bits per heavy atom. The van der Waals surface area contributed by atoms with Crippen LogP contribution in [0.25, 0.3) is 6.08 Å². The van der Waals surface area contributed by atoms with E-state index in [0.717, 1.165) is 50.0 Å². The Labute approximate surface area is 175 Å². The highest BCUT2D eigenvalue weighted by Gasteiger charge is 2.39. The van der Waals surface area contributed by atoms with Crippen LogP contribution in [0.4, 0.5) is 10.1 Å². The predicted molar refractivity (Wildman–Crippen MR) is 115 cm³/mol. The Balaban J connectivity index is 1.44. The second-order valence-corrected chi connectivity index (χ2v) is 8.35. The smallest absolute Gasteiger partial charge is 0.247 e. The van der Waals surface area contributed by atoms with Crippen LogP contribution in [0.5, 0.6) is 0 Å². The van der Waals surface area contributed by atoms with Crippen molar-refractivity contribution in [1.29, 1.82) is 0 Å². The van der Waals surface area contributed by atoms with E-state index in [-0.39, 0.29) is 23.8 Å². The van der Waals surface area contributed by atoms with E-state index >= 15 is 0 Å². The van der Waals surface area contributed by atoms with Crippen LogP contribution >= 0.6 is 11.6 Å². The van der Waals surface area contributed by atoms with Crippen molar-refractivity contribution >= 4 is 29.3 Å². The minimum atomic E-state index is -0.214. The van der Waals surface area contributed by atoms with E-state index in [1.54, 1.807) is 24.3 Å². The lowest BCUT2D eigenvalue weighted by Crippen LogP contribution is -2.61. The van der Waals surface area contributed by atoms with Gasteiger partial charge in [-0.05, 0) is 60.7 Å². The summed E-state index contributed by atoms with van der Waals surface area (Å²) in [5, 5.41) is 0.581. The normalized spacial score (nSPS) is 22.2. The van der Waals surface area contributed by atoms with Gasteiger partial charge >= 0.3 is 0 Å². The van der Waals surface area contributed by atoms with Gasteiger partial charge in [-0.3, -0.25) is 9.69 Å². The van der Waals surface area contributed by atoms with Crippen LogP contribution in [0.2, 0.25) is 5.02 Å². The Bertz CT molecular complexity index is 901. The number of hydrogen-bond donors (Lipinski definition) is 1. The zero-order chi connectivity index (χ0) is 20.4. The van der Waals surface area contributed by atoms with Crippen molar-refractivity contribution in [2.24, 2.45) is 0 Å². The molecule has 2 unspecified atom stereocenters. The zero-order valence-corrected chi connectivity index (χ0v) is 17.0.